The van der Waals surface area contributed by atoms with E-state index in [1.807, 2.05) is 6.07 Å². The summed E-state index contributed by atoms with van der Waals surface area (Å²) in [4.78, 5) is 16.4. The van der Waals surface area contributed by atoms with Crippen LogP contribution in [0.15, 0.2) is 47.0 Å². The highest BCUT2D eigenvalue weighted by atomic mass is 16.5. The number of carbonyl (C=O) groups excluding carboxylic acids is 1. The summed E-state index contributed by atoms with van der Waals surface area (Å²) in [5, 5.41) is 6.51. The van der Waals surface area contributed by atoms with Gasteiger partial charge in [-0.2, -0.15) is 4.98 Å². The van der Waals surface area contributed by atoms with E-state index >= 15 is 0 Å². The van der Waals surface area contributed by atoms with Crippen molar-refractivity contribution in [3.8, 4) is 28.7 Å². The topological polar surface area (TPSA) is 95.7 Å². The SMILES string of the molecule is COc1ccc(NC(=O)COc2cccc(-c3nc(C)no3)c2)c(OC)c1. The zero-order valence-electron chi connectivity index (χ0n) is 15.2. The Bertz CT molecular complexity index is 939. The summed E-state index contributed by atoms with van der Waals surface area (Å²) >= 11 is 0. The van der Waals surface area contributed by atoms with E-state index in [0.29, 0.717) is 40.2 Å². The van der Waals surface area contributed by atoms with Gasteiger partial charge in [0.1, 0.15) is 17.2 Å². The summed E-state index contributed by atoms with van der Waals surface area (Å²) in [5.74, 6) is 2.26. The molecule has 0 unspecified atom stereocenters. The van der Waals surface area contributed by atoms with E-state index in [-0.39, 0.29) is 12.5 Å². The smallest absolute Gasteiger partial charge is 0.262 e. The average Bonchev–Trinajstić information content (AvgIpc) is 3.13. The molecule has 0 bridgehead atoms. The lowest BCUT2D eigenvalue weighted by Crippen LogP contribution is -2.20. The normalized spacial score (nSPS) is 10.3. The number of ether oxygens (including phenoxy) is 3. The molecule has 0 atom stereocenters. The van der Waals surface area contributed by atoms with Crippen LogP contribution in [0.3, 0.4) is 0 Å². The van der Waals surface area contributed by atoms with E-state index in [1.54, 1.807) is 50.4 Å². The number of amides is 1. The predicted octanol–water partition coefficient (Wildman–Crippen LogP) is 3.08. The van der Waals surface area contributed by atoms with Crippen molar-refractivity contribution in [2.75, 3.05) is 26.1 Å². The third-order valence-corrected chi connectivity index (χ3v) is 3.66. The quantitative estimate of drug-likeness (QED) is 0.684. The Hall–Kier alpha value is -3.55. The molecular weight excluding hydrogens is 350 g/mol. The molecule has 1 N–H and O–H groups in total. The molecule has 1 amide bonds. The highest BCUT2D eigenvalue weighted by Crippen LogP contribution is 2.29. The van der Waals surface area contributed by atoms with Crippen molar-refractivity contribution >= 4 is 11.6 Å². The van der Waals surface area contributed by atoms with Gasteiger partial charge in [0.25, 0.3) is 11.8 Å². The molecule has 0 aliphatic heterocycles. The van der Waals surface area contributed by atoms with Crippen molar-refractivity contribution in [3.63, 3.8) is 0 Å². The lowest BCUT2D eigenvalue weighted by atomic mass is 10.2. The molecule has 0 saturated carbocycles. The van der Waals surface area contributed by atoms with Crippen LogP contribution >= 0.6 is 0 Å². The third kappa shape index (κ3) is 4.55. The Morgan fingerprint density at radius 1 is 1.11 bits per heavy atom. The van der Waals surface area contributed by atoms with Gasteiger partial charge >= 0.3 is 0 Å². The Morgan fingerprint density at radius 2 is 1.96 bits per heavy atom. The van der Waals surface area contributed by atoms with Crippen LogP contribution in [0.4, 0.5) is 5.69 Å². The van der Waals surface area contributed by atoms with Gasteiger partial charge in [0, 0.05) is 11.6 Å². The summed E-state index contributed by atoms with van der Waals surface area (Å²) < 4.78 is 21.1. The Balaban J connectivity index is 1.63. The molecule has 0 aliphatic carbocycles. The fourth-order valence-corrected chi connectivity index (χ4v) is 2.37. The number of anilines is 1. The lowest BCUT2D eigenvalue weighted by Gasteiger charge is -2.12. The van der Waals surface area contributed by atoms with Crippen LogP contribution in [-0.4, -0.2) is 36.9 Å². The molecule has 8 heteroatoms. The van der Waals surface area contributed by atoms with Gasteiger partial charge < -0.3 is 24.1 Å². The fourth-order valence-electron chi connectivity index (χ4n) is 2.37. The number of aryl methyl sites for hydroxylation is 1. The monoisotopic (exact) mass is 369 g/mol. The van der Waals surface area contributed by atoms with Crippen LogP contribution < -0.4 is 19.5 Å². The molecule has 1 aromatic heterocycles. The Labute approximate surface area is 156 Å². The first-order valence-electron chi connectivity index (χ1n) is 8.14. The van der Waals surface area contributed by atoms with Crippen LogP contribution in [0, 0.1) is 6.92 Å². The number of nitrogens with one attached hydrogen (secondary N) is 1. The van der Waals surface area contributed by atoms with Crippen molar-refractivity contribution in [1.29, 1.82) is 0 Å². The number of methoxy groups -OCH3 is 2. The number of hydrogen-bond donors (Lipinski definition) is 1. The molecule has 2 aromatic carbocycles. The first-order chi connectivity index (χ1) is 13.1. The van der Waals surface area contributed by atoms with Crippen LogP contribution in [0.25, 0.3) is 11.5 Å². The van der Waals surface area contributed by atoms with Gasteiger partial charge in [-0.05, 0) is 37.3 Å². The van der Waals surface area contributed by atoms with Gasteiger partial charge in [0.15, 0.2) is 12.4 Å². The molecule has 3 rings (SSSR count). The molecule has 1 heterocycles. The van der Waals surface area contributed by atoms with E-state index < -0.39 is 0 Å². The maximum absolute atomic E-state index is 12.2. The summed E-state index contributed by atoms with van der Waals surface area (Å²) in [5.41, 5.74) is 1.24. The van der Waals surface area contributed by atoms with Crippen molar-refractivity contribution in [3.05, 3.63) is 48.3 Å². The minimum atomic E-state index is -0.322. The van der Waals surface area contributed by atoms with E-state index in [1.165, 1.54) is 7.11 Å². The number of nitrogens with zero attached hydrogens (tertiary/aromatic N) is 2. The van der Waals surface area contributed by atoms with E-state index in [4.69, 9.17) is 18.7 Å². The van der Waals surface area contributed by atoms with Gasteiger partial charge in [-0.25, -0.2) is 0 Å². The number of aromatic nitrogens is 2. The Kier molecular flexibility index (Phi) is 5.55. The zero-order valence-corrected chi connectivity index (χ0v) is 15.2. The largest absolute Gasteiger partial charge is 0.497 e. The van der Waals surface area contributed by atoms with E-state index in [0.717, 1.165) is 0 Å². The van der Waals surface area contributed by atoms with Crippen molar-refractivity contribution < 1.29 is 23.5 Å². The van der Waals surface area contributed by atoms with E-state index in [2.05, 4.69) is 15.5 Å². The van der Waals surface area contributed by atoms with Crippen LogP contribution in [0.2, 0.25) is 0 Å². The molecule has 140 valence electrons. The summed E-state index contributed by atoms with van der Waals surface area (Å²) in [6.07, 6.45) is 0. The highest BCUT2D eigenvalue weighted by molar-refractivity contribution is 5.93. The number of rotatable bonds is 7. The third-order valence-electron chi connectivity index (χ3n) is 3.66. The standard InChI is InChI=1S/C19H19N3O5/c1-12-20-19(27-22-12)13-5-4-6-15(9-13)26-11-18(23)21-16-8-7-14(24-2)10-17(16)25-3/h4-10H,11H2,1-3H3,(H,21,23). The first-order valence-corrected chi connectivity index (χ1v) is 8.14. The van der Waals surface area contributed by atoms with Gasteiger partial charge in [-0.1, -0.05) is 11.2 Å². The molecule has 0 fully saturated rings. The number of carbonyl (C=O) groups is 1. The van der Waals surface area contributed by atoms with Gasteiger partial charge in [0.05, 0.1) is 19.9 Å². The molecule has 0 radical (unpaired) electrons. The second kappa shape index (κ2) is 8.22. The van der Waals surface area contributed by atoms with Crippen LogP contribution in [0.1, 0.15) is 5.82 Å². The minimum Gasteiger partial charge on any atom is -0.497 e. The molecule has 0 aliphatic rings. The second-order valence-electron chi connectivity index (χ2n) is 5.58. The van der Waals surface area contributed by atoms with E-state index in [9.17, 15) is 4.79 Å². The lowest BCUT2D eigenvalue weighted by molar-refractivity contribution is -0.118. The molecule has 27 heavy (non-hydrogen) atoms. The number of hydrogen-bond acceptors (Lipinski definition) is 7. The Morgan fingerprint density at radius 3 is 2.67 bits per heavy atom. The van der Waals surface area contributed by atoms with Gasteiger partial charge in [0.2, 0.25) is 0 Å². The molecule has 8 nitrogen and oxygen atoms in total. The molecule has 0 spiro atoms. The first kappa shape index (κ1) is 18.2. The second-order valence-corrected chi connectivity index (χ2v) is 5.58. The van der Waals surface area contributed by atoms with Gasteiger partial charge in [-0.15, -0.1) is 0 Å². The summed E-state index contributed by atoms with van der Waals surface area (Å²) in [6.45, 7) is 1.58. The zero-order chi connectivity index (χ0) is 19.2. The van der Waals surface area contributed by atoms with Gasteiger partial charge in [-0.3, -0.25) is 4.79 Å². The fraction of sp³-hybridized carbons (Fsp3) is 0.211. The summed E-state index contributed by atoms with van der Waals surface area (Å²) in [7, 11) is 3.08. The summed E-state index contributed by atoms with van der Waals surface area (Å²) in [6, 6.07) is 12.2. The number of benzene rings is 2. The molecule has 3 aromatic rings. The van der Waals surface area contributed by atoms with Crippen molar-refractivity contribution in [2.24, 2.45) is 0 Å². The maximum atomic E-state index is 12.2. The average molecular weight is 369 g/mol. The van der Waals surface area contributed by atoms with Crippen molar-refractivity contribution in [2.45, 2.75) is 6.92 Å². The van der Waals surface area contributed by atoms with Crippen LogP contribution in [0.5, 0.6) is 17.2 Å². The van der Waals surface area contributed by atoms with Crippen LogP contribution in [-0.2, 0) is 4.79 Å². The van der Waals surface area contributed by atoms with Crippen molar-refractivity contribution in [1.82, 2.24) is 10.1 Å². The molecular formula is C19H19N3O5. The highest BCUT2D eigenvalue weighted by Gasteiger charge is 2.11. The molecule has 0 saturated heterocycles. The minimum absolute atomic E-state index is 0.165. The maximum Gasteiger partial charge on any atom is 0.262 e. The predicted molar refractivity (Wildman–Crippen MR) is 98.1 cm³/mol.